The maximum absolute atomic E-state index is 14.4. The van der Waals surface area contributed by atoms with E-state index in [2.05, 4.69) is 0 Å². The van der Waals surface area contributed by atoms with Crippen LogP contribution in [0.25, 0.3) is 21.9 Å². The number of para-hydroxylation sites is 4. The lowest BCUT2D eigenvalue weighted by Crippen LogP contribution is -2.60. The van der Waals surface area contributed by atoms with Crippen LogP contribution in [-0.4, -0.2) is 143 Å². The van der Waals surface area contributed by atoms with Crippen molar-refractivity contribution in [3.05, 3.63) is 90.0 Å². The minimum absolute atomic E-state index is 0.0296. The van der Waals surface area contributed by atoms with E-state index in [-0.39, 0.29) is 56.4 Å². The van der Waals surface area contributed by atoms with Crippen LogP contribution < -0.4 is 14.2 Å². The topological polar surface area (TPSA) is 321 Å². The molecule has 3 aliphatic heterocycles. The van der Waals surface area contributed by atoms with Gasteiger partial charge in [-0.2, -0.15) is 0 Å². The molecule has 2 saturated heterocycles. The molecule has 11 N–H and O–H groups in total. The molecular weight excluding hydrogens is 824 g/mol. The highest BCUT2D eigenvalue weighted by molar-refractivity contribution is 6.18. The van der Waals surface area contributed by atoms with Crippen LogP contribution in [0.2, 0.25) is 0 Å². The predicted octanol–water partition coefficient (Wildman–Crippen LogP) is 1.23. The Morgan fingerprint density at radius 2 is 1.06 bits per heavy atom. The van der Waals surface area contributed by atoms with Gasteiger partial charge in [0.1, 0.15) is 67.8 Å². The van der Waals surface area contributed by atoms with Crippen LogP contribution in [0.15, 0.2) is 78.9 Å². The zero-order chi connectivity index (χ0) is 44.1. The van der Waals surface area contributed by atoms with Gasteiger partial charge in [0.05, 0.1) is 11.1 Å². The van der Waals surface area contributed by atoms with Crippen molar-refractivity contribution in [2.45, 2.75) is 61.4 Å². The maximum atomic E-state index is 14.4. The lowest BCUT2D eigenvalue weighted by atomic mass is 9.87. The fourth-order valence-corrected chi connectivity index (χ4v) is 7.28. The third-order valence-electron chi connectivity index (χ3n) is 10.5. The minimum atomic E-state index is -1.92. The van der Waals surface area contributed by atoms with Gasteiger partial charge in [-0.3, -0.25) is 0 Å². The quantitative estimate of drug-likeness (QED) is 0.0681. The fraction of sp³-hybridized carbons (Fsp3) is 0.286. The molecule has 8 rings (SSSR count). The third-order valence-corrected chi connectivity index (χ3v) is 10.5. The average molecular weight is 863 g/mol. The summed E-state index contributed by atoms with van der Waals surface area (Å²) in [5.41, 5.74) is -1.37. The molecule has 62 heavy (non-hydrogen) atoms. The Bertz CT molecular complexity index is 2530. The molecule has 0 aromatic heterocycles. The molecule has 20 heteroatoms. The highest BCUT2D eigenvalue weighted by atomic mass is 16.7. The molecule has 2 fully saturated rings. The van der Waals surface area contributed by atoms with Gasteiger partial charge in [-0.1, -0.05) is 30.3 Å². The van der Waals surface area contributed by atoms with Gasteiger partial charge in [-0.05, 0) is 47.9 Å². The molecule has 0 amide bonds. The van der Waals surface area contributed by atoms with Gasteiger partial charge in [0, 0.05) is 22.6 Å². The van der Waals surface area contributed by atoms with Gasteiger partial charge in [-0.15, -0.1) is 0 Å². The van der Waals surface area contributed by atoms with E-state index in [4.69, 9.17) is 33.2 Å². The van der Waals surface area contributed by atoms with E-state index in [1.165, 1.54) is 66.7 Å². The fourth-order valence-electron chi connectivity index (χ4n) is 7.28. The first kappa shape index (κ1) is 42.1. The Hall–Kier alpha value is -6.62. The first-order valence-corrected chi connectivity index (χ1v) is 18.8. The molecule has 10 atom stereocenters. The number of aliphatic hydroxyl groups is 6. The number of aliphatic hydroxyl groups excluding tert-OH is 6. The number of rotatable bonds is 10. The summed E-state index contributed by atoms with van der Waals surface area (Å²) in [5.74, 6) is -5.73. The standard InChI is InChI=1S/C42H38O20/c43-19-5-1-3-7-24(19)59-41-36(52)34(50)32(48)27(61-41)14-56-39(54)18-11-16-9-10-21(45)38-29(16)30(17-12-22(46)23(47)13-26(17)58-38)31(18)40(55)57-15-28-33(49)35(51)37(53)42(62-28)60-25-8-4-2-6-20(25)44/h1-13,27-28,32-37,41-53H,14-15H2. The molecule has 10 unspecified atom stereocenters. The Morgan fingerprint density at radius 3 is 1.61 bits per heavy atom. The summed E-state index contributed by atoms with van der Waals surface area (Å²) in [7, 11) is 0. The van der Waals surface area contributed by atoms with Gasteiger partial charge >= 0.3 is 11.9 Å². The molecule has 5 aromatic rings. The van der Waals surface area contributed by atoms with E-state index in [1.54, 1.807) is 0 Å². The molecule has 3 aliphatic rings. The van der Waals surface area contributed by atoms with E-state index >= 15 is 0 Å². The van der Waals surface area contributed by atoms with Crippen LogP contribution >= 0.6 is 0 Å². The summed E-state index contributed by atoms with van der Waals surface area (Å²) in [6.07, 6.45) is -17.8. The summed E-state index contributed by atoms with van der Waals surface area (Å²) in [5, 5.41) is 117. The number of carbonyl (C=O) groups excluding carboxylic acids is 2. The molecule has 0 spiro atoms. The van der Waals surface area contributed by atoms with Crippen LogP contribution in [0.4, 0.5) is 0 Å². The van der Waals surface area contributed by atoms with Crippen molar-refractivity contribution >= 4 is 22.7 Å². The molecule has 3 heterocycles. The number of fused-ring (bicyclic) bond motifs is 2. The van der Waals surface area contributed by atoms with Crippen molar-refractivity contribution in [3.8, 4) is 62.9 Å². The SMILES string of the molecule is O=C(OCC1OC(Oc2ccccc2O)C(O)C(O)C1O)c1cc2ccc(O)c3c2c(c1C(=O)OCC1OC(Oc2ccccc2O)C(O)C(O)C1O)-c1cc(O)c(O)cc1O3. The van der Waals surface area contributed by atoms with Crippen LogP contribution in [0, 0.1) is 0 Å². The number of hydrogen-bond acceptors (Lipinski definition) is 20. The molecule has 5 aromatic carbocycles. The smallest absolute Gasteiger partial charge is 0.339 e. The summed E-state index contributed by atoms with van der Waals surface area (Å²) in [6.45, 7) is -1.70. The highest BCUT2D eigenvalue weighted by Crippen LogP contribution is 2.54. The van der Waals surface area contributed by atoms with Crippen LogP contribution in [0.1, 0.15) is 20.7 Å². The Balaban J connectivity index is 1.13. The van der Waals surface area contributed by atoms with Crippen molar-refractivity contribution in [2.75, 3.05) is 13.2 Å². The Kier molecular flexibility index (Phi) is 11.3. The van der Waals surface area contributed by atoms with Gasteiger partial charge < -0.3 is 89.3 Å². The summed E-state index contributed by atoms with van der Waals surface area (Å²) >= 11 is 0. The molecular formula is C42H38O20. The predicted molar refractivity (Wildman–Crippen MR) is 206 cm³/mol. The first-order valence-electron chi connectivity index (χ1n) is 18.8. The number of hydrogen-bond donors (Lipinski definition) is 11. The van der Waals surface area contributed by atoms with Crippen molar-refractivity contribution in [2.24, 2.45) is 0 Å². The third kappa shape index (κ3) is 7.65. The molecule has 0 bridgehead atoms. The van der Waals surface area contributed by atoms with Crippen LogP contribution in [0.3, 0.4) is 0 Å². The summed E-state index contributed by atoms with van der Waals surface area (Å²) in [4.78, 5) is 28.7. The van der Waals surface area contributed by atoms with E-state index < -0.39 is 115 Å². The number of aromatic hydroxyl groups is 5. The van der Waals surface area contributed by atoms with Gasteiger partial charge in [0.25, 0.3) is 0 Å². The highest BCUT2D eigenvalue weighted by Gasteiger charge is 2.47. The number of carbonyl (C=O) groups is 2. The van der Waals surface area contributed by atoms with Gasteiger partial charge in [0.2, 0.25) is 12.6 Å². The number of phenols is 5. The van der Waals surface area contributed by atoms with Crippen molar-refractivity contribution in [1.82, 2.24) is 0 Å². The lowest BCUT2D eigenvalue weighted by molar-refractivity contribution is -0.277. The second-order valence-corrected chi connectivity index (χ2v) is 14.5. The van der Waals surface area contributed by atoms with Gasteiger partial charge in [-0.25, -0.2) is 9.59 Å². The number of ether oxygens (including phenoxy) is 7. The largest absolute Gasteiger partial charge is 0.504 e. The minimum Gasteiger partial charge on any atom is -0.504 e. The zero-order valence-corrected chi connectivity index (χ0v) is 31.8. The number of benzene rings is 5. The lowest BCUT2D eigenvalue weighted by Gasteiger charge is -2.40. The van der Waals surface area contributed by atoms with Crippen LogP contribution in [0.5, 0.6) is 51.7 Å². The van der Waals surface area contributed by atoms with Crippen LogP contribution in [-0.2, 0) is 18.9 Å². The zero-order valence-electron chi connectivity index (χ0n) is 31.8. The second-order valence-electron chi connectivity index (χ2n) is 14.5. The van der Waals surface area contributed by atoms with Crippen molar-refractivity contribution in [1.29, 1.82) is 0 Å². The Morgan fingerprint density at radius 1 is 0.548 bits per heavy atom. The normalized spacial score (nSPS) is 26.5. The maximum Gasteiger partial charge on any atom is 0.339 e. The molecule has 326 valence electrons. The average Bonchev–Trinajstić information content (AvgIpc) is 3.25. The van der Waals surface area contributed by atoms with E-state index in [0.717, 1.165) is 12.1 Å². The molecule has 0 aliphatic carbocycles. The number of phenolic OH excluding ortho intramolecular Hbond substituents is 5. The second kappa shape index (κ2) is 16.7. The molecule has 0 saturated carbocycles. The van der Waals surface area contributed by atoms with Crippen molar-refractivity contribution in [3.63, 3.8) is 0 Å². The summed E-state index contributed by atoms with van der Waals surface area (Å²) in [6, 6.07) is 17.0. The Labute approximate surface area is 348 Å². The molecule has 20 nitrogen and oxygen atoms in total. The monoisotopic (exact) mass is 862 g/mol. The molecule has 0 radical (unpaired) electrons. The summed E-state index contributed by atoms with van der Waals surface area (Å²) < 4.78 is 39.4. The first-order chi connectivity index (χ1) is 29.6. The van der Waals surface area contributed by atoms with Crippen molar-refractivity contribution < 1.29 is 98.9 Å². The van der Waals surface area contributed by atoms with Gasteiger partial charge in [0.15, 0.2) is 46.0 Å². The number of esters is 2. The van der Waals surface area contributed by atoms with E-state index in [9.17, 15) is 65.8 Å². The van der Waals surface area contributed by atoms with E-state index in [1.807, 2.05) is 0 Å². The van der Waals surface area contributed by atoms with E-state index in [0.29, 0.717) is 0 Å².